The van der Waals surface area contributed by atoms with Crippen LogP contribution in [-0.2, 0) is 76.2 Å². The van der Waals surface area contributed by atoms with Crippen LogP contribution in [0.3, 0.4) is 0 Å². The summed E-state index contributed by atoms with van der Waals surface area (Å²) in [5.74, 6) is -7.63. The van der Waals surface area contributed by atoms with E-state index >= 15 is 0 Å². The number of nitrogens with zero attached hydrogens (tertiary/aromatic N) is 1. The standard InChI is InChI=1S/C24H33NO8.C24H34O7.C24H32O7/c1-11-8-12(2)24-15(9-18(31-5)23(28)32-21(11)14(4)26)6-7-16-19(24)20(27)13(3)17(10-25(29)30)22(16)33-24;2*1-11-8-12(2)24-15(9-18(29-5)23(28)30-21(11)14(4)26)6-7-16-19(24)20(27)13(3)17(10-25)22(16)31-24/h6-8,11,13-19,21-22,26H,9-10H2,1-5H3;6-8,11,13-19,21-22,25-26H,9-10H2,1-5H3;6-8,10-11,13-19,21-22,26H,9H2,1-5H3/b3*12-8+/t11-,13?,14-,15-,16-,17-,18+,19+,21+,22-,24+;2*11-,13?,14-,15-,16-,17+,18+,19+,21+,22-,24+/m111/s1. The number of aldehydes is 1. The number of rotatable bonds is 10. The molecule has 23 heteroatoms. The average molecular weight is 1330 g/mol. The van der Waals surface area contributed by atoms with E-state index in [1.165, 1.54) is 21.3 Å². The lowest BCUT2D eigenvalue weighted by Crippen LogP contribution is -2.54. The van der Waals surface area contributed by atoms with Gasteiger partial charge in [0, 0.05) is 110 Å². The lowest BCUT2D eigenvalue weighted by Gasteiger charge is -2.46. The summed E-state index contributed by atoms with van der Waals surface area (Å²) < 4.78 is 53.6. The Morgan fingerprint density at radius 2 is 0.832 bits per heavy atom. The van der Waals surface area contributed by atoms with Crippen molar-refractivity contribution < 1.29 is 102 Å². The van der Waals surface area contributed by atoms with Gasteiger partial charge in [0.1, 0.15) is 58.8 Å². The number of ketones is 3. The zero-order chi connectivity index (χ0) is 69.6. The molecule has 4 N–H and O–H groups in total. The number of ether oxygens (including phenoxy) is 9. The summed E-state index contributed by atoms with van der Waals surface area (Å²) in [7, 11) is 4.34. The maximum atomic E-state index is 13.7. The van der Waals surface area contributed by atoms with Gasteiger partial charge in [-0.05, 0) is 77.5 Å². The molecule has 0 aromatic carbocycles. The van der Waals surface area contributed by atoms with Gasteiger partial charge in [0.05, 0.1) is 66.2 Å². The molecule has 12 bridgehead atoms. The van der Waals surface area contributed by atoms with E-state index in [1.807, 2.05) is 103 Å². The van der Waals surface area contributed by atoms with E-state index in [9.17, 15) is 64.1 Å². The van der Waals surface area contributed by atoms with Crippen LogP contribution in [0.1, 0.15) is 102 Å². The first-order chi connectivity index (χ1) is 44.9. The molecule has 6 fully saturated rings. The van der Waals surface area contributed by atoms with E-state index in [0.29, 0.717) is 6.42 Å². The number of hydrogen-bond donors (Lipinski definition) is 4. The van der Waals surface area contributed by atoms with Crippen molar-refractivity contribution in [2.24, 2.45) is 107 Å². The van der Waals surface area contributed by atoms with E-state index in [4.69, 9.17) is 42.6 Å². The molecule has 0 amide bonds. The van der Waals surface area contributed by atoms with Gasteiger partial charge in [-0.25, -0.2) is 14.4 Å². The number of aliphatic hydroxyl groups excluding tert-OH is 4. The van der Waals surface area contributed by atoms with Gasteiger partial charge < -0.3 is 67.9 Å². The molecule has 3 saturated heterocycles. The minimum absolute atomic E-state index is 0.0315. The van der Waals surface area contributed by atoms with Crippen LogP contribution in [0.2, 0.25) is 0 Å². The molecule has 3 unspecified atom stereocenters. The van der Waals surface area contributed by atoms with E-state index in [2.05, 4.69) is 0 Å². The van der Waals surface area contributed by atoms with Crippen molar-refractivity contribution in [2.75, 3.05) is 34.5 Å². The van der Waals surface area contributed by atoms with Crippen LogP contribution in [0.15, 0.2) is 71.4 Å². The molecule has 0 radical (unpaired) electrons. The largest absolute Gasteiger partial charge is 0.457 e. The number of carbonyl (C=O) groups excluding carboxylic acids is 7. The van der Waals surface area contributed by atoms with Crippen molar-refractivity contribution in [3.63, 3.8) is 0 Å². The minimum atomic E-state index is -1.02. The minimum Gasteiger partial charge on any atom is -0.457 e. The molecular formula is C72H99NO22. The second-order valence-electron chi connectivity index (χ2n) is 29.5. The van der Waals surface area contributed by atoms with Gasteiger partial charge in [-0.1, -0.05) is 96.2 Å². The zero-order valence-corrected chi connectivity index (χ0v) is 57.2. The molecule has 524 valence electrons. The maximum Gasteiger partial charge on any atom is 0.335 e. The Hall–Kier alpha value is -5.47. The molecule has 6 aliphatic carbocycles. The zero-order valence-electron chi connectivity index (χ0n) is 57.2. The van der Waals surface area contributed by atoms with Crippen LogP contribution in [0.4, 0.5) is 0 Å². The quantitative estimate of drug-likeness (QED) is 0.0525. The van der Waals surface area contributed by atoms with Crippen molar-refractivity contribution >= 4 is 41.5 Å². The average Bonchev–Trinajstić information content (AvgIpc) is 1.56. The van der Waals surface area contributed by atoms with Gasteiger partial charge in [-0.3, -0.25) is 24.5 Å². The van der Waals surface area contributed by atoms with Crippen LogP contribution in [0.25, 0.3) is 0 Å². The highest BCUT2D eigenvalue weighted by Gasteiger charge is 2.72. The molecule has 0 aromatic rings. The van der Waals surface area contributed by atoms with Gasteiger partial charge >= 0.3 is 17.9 Å². The molecule has 6 heterocycles. The molecule has 3 saturated carbocycles. The van der Waals surface area contributed by atoms with Gasteiger partial charge in [0.2, 0.25) is 6.54 Å². The fraction of sp³-hybridized carbons (Fsp3) is 0.736. The second kappa shape index (κ2) is 27.7. The number of Topliss-reactive ketones (excluding diaryl/α,β-unsaturated/α-hetero) is 3. The molecule has 12 aliphatic rings. The number of methoxy groups -OCH3 is 3. The van der Waals surface area contributed by atoms with Crippen molar-refractivity contribution in [2.45, 2.75) is 192 Å². The Bertz CT molecular complexity index is 3180. The molecular weight excluding hydrogens is 1230 g/mol. The molecule has 95 heavy (non-hydrogen) atoms. The molecule has 0 aromatic heterocycles. The number of esters is 3. The highest BCUT2D eigenvalue weighted by molar-refractivity contribution is 5.91. The van der Waals surface area contributed by atoms with E-state index in [-0.39, 0.29) is 131 Å². The number of cyclic esters (lactones) is 3. The SMILES string of the molecule is CO[C@H]1C[C@H]2C=C[C@H]3[C@H]4O[C@]2(/C(C)=C/[C@@H](C)[C@@H]([C@@H](C)O)OC1=O)[C@@H]3C(=O)C(C)[C@@H]4C=O.CO[C@H]1C[C@H]2C=C[C@H]3[C@H]4O[C@]2(/C(C)=C/[C@@H](C)[C@@H]([C@@H](C)O)OC1=O)[C@@H]3C(=O)C(C)[C@@H]4CO.CO[C@H]1C[C@H]2C=C[C@H]3[C@H]4O[C@]2(/C(C)=C/[C@@H](C)[C@@H]([C@@H](C)O)OC1=O)[C@@H]3C(=O)C(C)[C@H]4C[N+](=O)[O-]. The van der Waals surface area contributed by atoms with Gasteiger partial charge in [-0.15, -0.1) is 0 Å². The number of nitro groups is 1. The smallest absolute Gasteiger partial charge is 0.335 e. The number of hydrogen-bond acceptors (Lipinski definition) is 22. The maximum absolute atomic E-state index is 13.7. The monoisotopic (exact) mass is 1330 g/mol. The molecule has 23 nitrogen and oxygen atoms in total. The third-order valence-electron chi connectivity index (χ3n) is 24.3. The first-order valence-corrected chi connectivity index (χ1v) is 34.0. The Labute approximate surface area is 555 Å². The van der Waals surface area contributed by atoms with Gasteiger partial charge in [-0.2, -0.15) is 0 Å². The number of carbonyl (C=O) groups is 7. The van der Waals surface area contributed by atoms with Crippen molar-refractivity contribution in [3.05, 3.63) is 81.5 Å². The van der Waals surface area contributed by atoms with Crippen molar-refractivity contribution in [1.82, 2.24) is 0 Å². The van der Waals surface area contributed by atoms with Gasteiger partial charge in [0.25, 0.3) is 0 Å². The van der Waals surface area contributed by atoms with Crippen LogP contribution in [0, 0.1) is 117 Å². The van der Waals surface area contributed by atoms with Crippen LogP contribution in [-0.4, -0.2) is 191 Å². The van der Waals surface area contributed by atoms with Crippen LogP contribution >= 0.6 is 0 Å². The predicted octanol–water partition coefficient (Wildman–Crippen LogP) is 5.48. The van der Waals surface area contributed by atoms with E-state index in [1.54, 1.807) is 34.6 Å². The Morgan fingerprint density at radius 3 is 1.14 bits per heavy atom. The summed E-state index contributed by atoms with van der Waals surface area (Å²) in [6.07, 6.45) is 10.9. The van der Waals surface area contributed by atoms with Crippen molar-refractivity contribution in [3.8, 4) is 0 Å². The highest BCUT2D eigenvalue weighted by atomic mass is 16.6. The summed E-state index contributed by atoms with van der Waals surface area (Å²) in [4.78, 5) is 102. The predicted molar refractivity (Wildman–Crippen MR) is 339 cm³/mol. The molecule has 3 spiro atoms. The third-order valence-corrected chi connectivity index (χ3v) is 24.3. The van der Waals surface area contributed by atoms with E-state index < -0.39 is 131 Å². The fourth-order valence-electron chi connectivity index (χ4n) is 19.5. The van der Waals surface area contributed by atoms with Gasteiger partial charge in [0.15, 0.2) is 18.3 Å². The van der Waals surface area contributed by atoms with Crippen LogP contribution in [0.5, 0.6) is 0 Å². The molecule has 33 atom stereocenters. The highest BCUT2D eigenvalue weighted by Crippen LogP contribution is 2.64. The first-order valence-electron chi connectivity index (χ1n) is 34.0. The Morgan fingerprint density at radius 1 is 0.526 bits per heavy atom. The first kappa shape index (κ1) is 72.3. The second-order valence-corrected chi connectivity index (χ2v) is 29.5. The summed E-state index contributed by atoms with van der Waals surface area (Å²) in [6, 6.07) is 0. The summed E-state index contributed by atoms with van der Waals surface area (Å²) in [5.41, 5.74) is -0.263. The third kappa shape index (κ3) is 11.8. The number of aliphatic hydroxyl groups is 4. The fourth-order valence-corrected chi connectivity index (χ4v) is 19.5. The lowest BCUT2D eigenvalue weighted by atomic mass is 9.56. The topological polar surface area (TPSA) is 327 Å². The normalized spacial score (nSPS) is 48.7. The molecule has 12 rings (SSSR count). The Kier molecular flexibility index (Phi) is 21.1. The molecule has 6 aliphatic heterocycles. The Balaban J connectivity index is 0.000000155. The van der Waals surface area contributed by atoms with Crippen LogP contribution < -0.4 is 0 Å². The summed E-state index contributed by atoms with van der Waals surface area (Å²) in [5, 5.41) is 52.3. The lowest BCUT2D eigenvalue weighted by molar-refractivity contribution is -0.492. The summed E-state index contributed by atoms with van der Waals surface area (Å²) in [6.45, 7) is 21.2. The van der Waals surface area contributed by atoms with E-state index in [0.717, 1.165) is 23.0 Å². The van der Waals surface area contributed by atoms with Crippen molar-refractivity contribution in [1.29, 1.82) is 0 Å². The summed E-state index contributed by atoms with van der Waals surface area (Å²) >= 11 is 0.